The summed E-state index contributed by atoms with van der Waals surface area (Å²) in [6.07, 6.45) is 4.98. The maximum Gasteiger partial charge on any atom is 0.214 e. The molecule has 0 amide bonds. The van der Waals surface area contributed by atoms with Gasteiger partial charge in [0.1, 0.15) is 26.2 Å². The Morgan fingerprint density at radius 2 is 1.75 bits per heavy atom. The number of quaternary nitrogens is 2. The number of tetrazole rings is 1. The monoisotopic (exact) mass is 385 g/mol. The summed E-state index contributed by atoms with van der Waals surface area (Å²) in [6.45, 7) is 8.29. The molecule has 2 aromatic rings. The van der Waals surface area contributed by atoms with Gasteiger partial charge in [-0.25, -0.2) is 4.68 Å². The summed E-state index contributed by atoms with van der Waals surface area (Å²) in [4.78, 5) is 5.46. The molecule has 152 valence electrons. The van der Waals surface area contributed by atoms with Gasteiger partial charge in [-0.3, -0.25) is 0 Å². The Balaban J connectivity index is 1.67. The largest absolute Gasteiger partial charge is 0.378 e. The minimum absolute atomic E-state index is 0.213. The van der Waals surface area contributed by atoms with Gasteiger partial charge in [0.25, 0.3) is 0 Å². The highest BCUT2D eigenvalue weighted by Gasteiger charge is 2.36. The summed E-state index contributed by atoms with van der Waals surface area (Å²) >= 11 is 0. The van der Waals surface area contributed by atoms with E-state index >= 15 is 0 Å². The third kappa shape index (κ3) is 3.91. The normalized spacial score (nSPS) is 24.4. The van der Waals surface area contributed by atoms with Crippen molar-refractivity contribution in [3.63, 3.8) is 0 Å². The Morgan fingerprint density at radius 1 is 1.07 bits per heavy atom. The van der Waals surface area contributed by atoms with Crippen LogP contribution in [0.1, 0.15) is 56.1 Å². The van der Waals surface area contributed by atoms with Gasteiger partial charge in [0.15, 0.2) is 6.04 Å². The highest BCUT2D eigenvalue weighted by molar-refractivity contribution is 5.46. The van der Waals surface area contributed by atoms with E-state index in [0.717, 1.165) is 5.82 Å². The van der Waals surface area contributed by atoms with Gasteiger partial charge in [-0.15, -0.1) is 5.10 Å². The maximum absolute atomic E-state index is 4.57. The Bertz CT molecular complexity index is 740. The van der Waals surface area contributed by atoms with Crippen molar-refractivity contribution in [3.05, 3.63) is 35.7 Å². The fourth-order valence-electron chi connectivity index (χ4n) is 4.90. The summed E-state index contributed by atoms with van der Waals surface area (Å²) in [5, 5.41) is 13.1. The molecule has 4 rings (SSSR count). The number of likely N-dealkylation sites (N-methyl/N-ethyl adjacent to an activating group) is 1. The number of hydrogen-bond acceptors (Lipinski definition) is 4. The summed E-state index contributed by atoms with van der Waals surface area (Å²) in [5.41, 5.74) is 2.56. The number of anilines is 1. The number of benzene rings is 1. The molecule has 1 saturated carbocycles. The van der Waals surface area contributed by atoms with Crippen molar-refractivity contribution in [1.29, 1.82) is 0 Å². The second-order valence-corrected chi connectivity index (χ2v) is 8.60. The van der Waals surface area contributed by atoms with Gasteiger partial charge in [0.05, 0.1) is 12.6 Å². The molecule has 1 aromatic heterocycles. The van der Waals surface area contributed by atoms with Crippen LogP contribution in [0.5, 0.6) is 0 Å². The van der Waals surface area contributed by atoms with Crippen molar-refractivity contribution in [1.82, 2.24) is 20.2 Å². The molecule has 1 aliphatic heterocycles. The maximum atomic E-state index is 4.57. The molecule has 7 nitrogen and oxygen atoms in total. The van der Waals surface area contributed by atoms with E-state index in [1.165, 1.54) is 69.7 Å². The van der Waals surface area contributed by atoms with Gasteiger partial charge in [0.2, 0.25) is 5.82 Å². The molecular formula is C21H35N7+2. The molecule has 2 N–H and O–H groups in total. The van der Waals surface area contributed by atoms with Crippen LogP contribution in [0.4, 0.5) is 5.69 Å². The first-order chi connectivity index (χ1) is 13.7. The Hall–Kier alpha value is -1.99. The van der Waals surface area contributed by atoms with E-state index in [4.69, 9.17) is 0 Å². The molecule has 7 heteroatoms. The minimum Gasteiger partial charge on any atom is -0.378 e. The van der Waals surface area contributed by atoms with Crippen LogP contribution in [0.2, 0.25) is 0 Å². The molecule has 1 atom stereocenters. The first kappa shape index (κ1) is 19.3. The van der Waals surface area contributed by atoms with Crippen molar-refractivity contribution in [2.45, 2.75) is 44.7 Å². The number of hydrogen-bond donors (Lipinski definition) is 2. The molecule has 0 spiro atoms. The smallest absolute Gasteiger partial charge is 0.214 e. The quantitative estimate of drug-likeness (QED) is 0.720. The van der Waals surface area contributed by atoms with E-state index < -0.39 is 0 Å². The fourth-order valence-corrected chi connectivity index (χ4v) is 4.90. The summed E-state index contributed by atoms with van der Waals surface area (Å²) in [6, 6.07) is 9.68. The Morgan fingerprint density at radius 3 is 2.36 bits per heavy atom. The van der Waals surface area contributed by atoms with Crippen LogP contribution < -0.4 is 14.7 Å². The van der Waals surface area contributed by atoms with Crippen molar-refractivity contribution in [2.75, 3.05) is 51.7 Å². The molecule has 28 heavy (non-hydrogen) atoms. The van der Waals surface area contributed by atoms with Gasteiger partial charge >= 0.3 is 0 Å². The number of rotatable bonds is 6. The molecule has 0 bridgehead atoms. The fraction of sp³-hybridized carbons (Fsp3) is 0.667. The minimum atomic E-state index is 0.213. The molecular weight excluding hydrogens is 350 g/mol. The molecule has 1 aliphatic carbocycles. The summed E-state index contributed by atoms with van der Waals surface area (Å²) in [7, 11) is 4.18. The first-order valence-electron chi connectivity index (χ1n) is 10.9. The predicted octanol–water partition coefficient (Wildman–Crippen LogP) is -0.253. The SMILES string of the molecule is CC[NH+]1CC[NH+]([C@@H](c2ccc(N(C)C)cc2)c2nnnn2C2CCCC2)CC1. The lowest BCUT2D eigenvalue weighted by Crippen LogP contribution is -3.28. The van der Waals surface area contributed by atoms with Crippen molar-refractivity contribution in [2.24, 2.45) is 0 Å². The first-order valence-corrected chi connectivity index (χ1v) is 10.9. The molecule has 2 heterocycles. The molecule has 1 aromatic carbocycles. The van der Waals surface area contributed by atoms with Gasteiger partial charge in [-0.05, 0) is 42.3 Å². The highest BCUT2D eigenvalue weighted by atomic mass is 15.6. The number of aromatic nitrogens is 4. The standard InChI is InChI=1S/C21H33N7/c1-4-26-13-15-27(16-14-26)20(17-9-11-18(12-10-17)25(2)3)21-22-23-24-28(21)19-7-5-6-8-19/h9-12,19-20H,4-8,13-16H2,1-3H3/p+2/t20-/m0/s1. The van der Waals surface area contributed by atoms with E-state index in [0.29, 0.717) is 6.04 Å². The van der Waals surface area contributed by atoms with Gasteiger partial charge in [-0.1, -0.05) is 25.0 Å². The topological polar surface area (TPSA) is 55.7 Å². The average molecular weight is 386 g/mol. The number of nitrogens with one attached hydrogen (secondary N) is 2. The Kier molecular flexibility index (Phi) is 5.92. The van der Waals surface area contributed by atoms with E-state index in [2.05, 4.69) is 70.4 Å². The van der Waals surface area contributed by atoms with E-state index in [9.17, 15) is 0 Å². The van der Waals surface area contributed by atoms with Crippen molar-refractivity contribution in [3.8, 4) is 0 Å². The highest BCUT2D eigenvalue weighted by Crippen LogP contribution is 2.31. The van der Waals surface area contributed by atoms with Crippen LogP contribution in [0.25, 0.3) is 0 Å². The summed E-state index contributed by atoms with van der Waals surface area (Å²) in [5.74, 6) is 1.06. The van der Waals surface area contributed by atoms with Crippen LogP contribution in [-0.2, 0) is 0 Å². The molecule has 1 saturated heterocycles. The predicted molar refractivity (Wildman–Crippen MR) is 110 cm³/mol. The molecule has 2 aliphatic rings. The number of piperazine rings is 1. The van der Waals surface area contributed by atoms with Crippen LogP contribution in [0.3, 0.4) is 0 Å². The zero-order valence-electron chi connectivity index (χ0n) is 17.6. The van der Waals surface area contributed by atoms with Gasteiger partial charge in [0, 0.05) is 25.3 Å². The summed E-state index contributed by atoms with van der Waals surface area (Å²) < 4.78 is 2.16. The lowest BCUT2D eigenvalue weighted by atomic mass is 10.0. The second-order valence-electron chi connectivity index (χ2n) is 8.60. The second kappa shape index (κ2) is 8.57. The van der Waals surface area contributed by atoms with E-state index in [1.807, 2.05) is 0 Å². The molecule has 0 unspecified atom stereocenters. The zero-order valence-corrected chi connectivity index (χ0v) is 17.6. The van der Waals surface area contributed by atoms with Crippen LogP contribution >= 0.6 is 0 Å². The van der Waals surface area contributed by atoms with Crippen molar-refractivity contribution < 1.29 is 9.80 Å². The Labute approximate surface area is 168 Å². The molecule has 0 radical (unpaired) electrons. The molecule has 2 fully saturated rings. The average Bonchev–Trinajstić information content (AvgIpc) is 3.41. The zero-order chi connectivity index (χ0) is 19.5. The third-order valence-corrected chi connectivity index (χ3v) is 6.70. The van der Waals surface area contributed by atoms with E-state index in [-0.39, 0.29) is 6.04 Å². The van der Waals surface area contributed by atoms with Crippen LogP contribution in [0, 0.1) is 0 Å². The van der Waals surface area contributed by atoms with Gasteiger partial charge in [-0.2, -0.15) is 0 Å². The van der Waals surface area contributed by atoms with E-state index in [1.54, 1.807) is 9.80 Å². The van der Waals surface area contributed by atoms with Gasteiger partial charge < -0.3 is 14.7 Å². The van der Waals surface area contributed by atoms with Crippen molar-refractivity contribution >= 4 is 5.69 Å². The van der Waals surface area contributed by atoms with Crippen LogP contribution in [0.15, 0.2) is 24.3 Å². The number of nitrogens with zero attached hydrogens (tertiary/aromatic N) is 5. The lowest BCUT2D eigenvalue weighted by molar-refractivity contribution is -1.02. The lowest BCUT2D eigenvalue weighted by Gasteiger charge is -2.34. The van der Waals surface area contributed by atoms with Crippen LogP contribution in [-0.4, -0.2) is 67.0 Å². The third-order valence-electron chi connectivity index (χ3n) is 6.70.